The number of unbranched alkanes of at least 4 members (excludes halogenated alkanes) is 12. The first-order valence-corrected chi connectivity index (χ1v) is 15.0. The number of hydrogen-bond acceptors (Lipinski definition) is 8. The fraction of sp³-hybridized carbons (Fsp3) is 0.920. The average molecular weight is 524 g/mol. The van der Waals surface area contributed by atoms with Crippen LogP contribution in [0.25, 0.3) is 0 Å². The monoisotopic (exact) mass is 523 g/mol. The van der Waals surface area contributed by atoms with Gasteiger partial charge in [0.15, 0.2) is 6.10 Å². The van der Waals surface area contributed by atoms with Crippen molar-refractivity contribution in [3.05, 3.63) is 0 Å². The molecule has 0 aromatic carbocycles. The van der Waals surface area contributed by atoms with E-state index in [0.717, 1.165) is 44.9 Å². The van der Waals surface area contributed by atoms with Crippen LogP contribution < -0.4 is 5.73 Å². The molecule has 0 aromatic rings. The minimum Gasteiger partial charge on any atom is -0.462 e. The molecule has 10 heteroatoms. The summed E-state index contributed by atoms with van der Waals surface area (Å²) >= 11 is 0. The van der Waals surface area contributed by atoms with Crippen molar-refractivity contribution in [2.75, 3.05) is 26.4 Å². The van der Waals surface area contributed by atoms with Crippen LogP contribution in [-0.2, 0) is 32.7 Å². The van der Waals surface area contributed by atoms with Crippen LogP contribution in [0.4, 0.5) is 0 Å². The van der Waals surface area contributed by atoms with Gasteiger partial charge in [0.2, 0.25) is 0 Å². The van der Waals surface area contributed by atoms with E-state index >= 15 is 0 Å². The number of carbonyl (C=O) groups excluding carboxylic acids is 2. The van der Waals surface area contributed by atoms with Crippen molar-refractivity contribution in [1.82, 2.24) is 0 Å². The van der Waals surface area contributed by atoms with Crippen molar-refractivity contribution in [2.45, 2.75) is 123 Å². The van der Waals surface area contributed by atoms with Crippen LogP contribution in [-0.4, -0.2) is 49.3 Å². The molecule has 0 fully saturated rings. The number of nitrogens with two attached hydrogens (primary N) is 1. The third-order valence-corrected chi connectivity index (χ3v) is 6.48. The zero-order valence-electron chi connectivity index (χ0n) is 22.0. The Morgan fingerprint density at radius 2 is 1.23 bits per heavy atom. The van der Waals surface area contributed by atoms with E-state index in [-0.39, 0.29) is 38.6 Å². The van der Waals surface area contributed by atoms with Gasteiger partial charge >= 0.3 is 19.8 Å². The molecule has 0 saturated heterocycles. The summed E-state index contributed by atoms with van der Waals surface area (Å²) in [7, 11) is -4.34. The molecule has 0 aliphatic rings. The molecule has 0 aliphatic carbocycles. The molecule has 0 aliphatic heterocycles. The first kappa shape index (κ1) is 34.0. The van der Waals surface area contributed by atoms with Gasteiger partial charge in [0, 0.05) is 19.4 Å². The van der Waals surface area contributed by atoms with Crippen molar-refractivity contribution in [3.8, 4) is 0 Å². The molecule has 0 rings (SSSR count). The Morgan fingerprint density at radius 1 is 0.743 bits per heavy atom. The van der Waals surface area contributed by atoms with Gasteiger partial charge in [-0.25, -0.2) is 4.57 Å². The Morgan fingerprint density at radius 3 is 1.74 bits per heavy atom. The van der Waals surface area contributed by atoms with E-state index in [0.29, 0.717) is 6.42 Å². The smallest absolute Gasteiger partial charge is 0.462 e. The van der Waals surface area contributed by atoms with Gasteiger partial charge in [-0.1, -0.05) is 90.9 Å². The maximum atomic E-state index is 12.2. The minimum atomic E-state index is -4.34. The van der Waals surface area contributed by atoms with Crippen LogP contribution in [0.5, 0.6) is 0 Å². The zero-order valence-corrected chi connectivity index (χ0v) is 22.9. The second-order valence-electron chi connectivity index (χ2n) is 8.92. The molecule has 2 atom stereocenters. The highest BCUT2D eigenvalue weighted by atomic mass is 31.2. The van der Waals surface area contributed by atoms with E-state index in [2.05, 4.69) is 13.8 Å². The number of ether oxygens (including phenoxy) is 2. The van der Waals surface area contributed by atoms with Gasteiger partial charge in [-0.3, -0.25) is 18.6 Å². The van der Waals surface area contributed by atoms with Crippen LogP contribution in [0.15, 0.2) is 0 Å². The van der Waals surface area contributed by atoms with Crippen LogP contribution in [0.1, 0.15) is 117 Å². The number of rotatable bonds is 25. The molecule has 2 unspecified atom stereocenters. The topological polar surface area (TPSA) is 134 Å². The maximum absolute atomic E-state index is 12.2. The van der Waals surface area contributed by atoms with Crippen LogP contribution in [0.3, 0.4) is 0 Å². The lowest BCUT2D eigenvalue weighted by Crippen LogP contribution is -2.29. The van der Waals surface area contributed by atoms with Gasteiger partial charge in [-0.05, 0) is 12.8 Å². The summed E-state index contributed by atoms with van der Waals surface area (Å²) in [4.78, 5) is 34.0. The Bertz CT molecular complexity index is 576. The van der Waals surface area contributed by atoms with Gasteiger partial charge in [-0.2, -0.15) is 0 Å². The lowest BCUT2D eigenvalue weighted by molar-refractivity contribution is -0.161. The number of carbonyl (C=O) groups is 2. The van der Waals surface area contributed by atoms with E-state index in [9.17, 15) is 19.0 Å². The fourth-order valence-electron chi connectivity index (χ4n) is 3.45. The highest BCUT2D eigenvalue weighted by Crippen LogP contribution is 2.43. The van der Waals surface area contributed by atoms with Gasteiger partial charge < -0.3 is 20.1 Å². The number of hydrogen-bond donors (Lipinski definition) is 2. The summed E-state index contributed by atoms with van der Waals surface area (Å²) in [6.45, 7) is 3.58. The van der Waals surface area contributed by atoms with Gasteiger partial charge in [0.05, 0.1) is 13.2 Å². The summed E-state index contributed by atoms with van der Waals surface area (Å²) in [5.74, 6) is -0.844. The normalized spacial score (nSPS) is 13.8. The quantitative estimate of drug-likeness (QED) is 0.0862. The van der Waals surface area contributed by atoms with E-state index in [1.807, 2.05) is 0 Å². The number of phosphoric acid groups is 1. The fourth-order valence-corrected chi connectivity index (χ4v) is 4.22. The molecule has 0 amide bonds. The second kappa shape index (κ2) is 23.4. The molecule has 0 radical (unpaired) electrons. The summed E-state index contributed by atoms with van der Waals surface area (Å²) < 4.78 is 32.1. The first-order valence-electron chi connectivity index (χ1n) is 13.5. The largest absolute Gasteiger partial charge is 0.472 e. The van der Waals surface area contributed by atoms with Crippen molar-refractivity contribution < 1.29 is 37.6 Å². The summed E-state index contributed by atoms with van der Waals surface area (Å²) in [5.41, 5.74) is 5.27. The van der Waals surface area contributed by atoms with Crippen LogP contribution in [0, 0.1) is 0 Å². The molecular weight excluding hydrogens is 473 g/mol. The van der Waals surface area contributed by atoms with Gasteiger partial charge in [-0.15, -0.1) is 0 Å². The van der Waals surface area contributed by atoms with Gasteiger partial charge in [0.1, 0.15) is 6.61 Å². The molecule has 208 valence electrons. The van der Waals surface area contributed by atoms with Crippen molar-refractivity contribution in [2.24, 2.45) is 5.73 Å². The molecule has 9 nitrogen and oxygen atoms in total. The molecule has 0 spiro atoms. The third kappa shape index (κ3) is 23.2. The number of phosphoric ester groups is 1. The molecule has 35 heavy (non-hydrogen) atoms. The zero-order chi connectivity index (χ0) is 26.2. The van der Waals surface area contributed by atoms with E-state index in [1.54, 1.807) is 0 Å². The van der Waals surface area contributed by atoms with Crippen molar-refractivity contribution in [3.63, 3.8) is 0 Å². The third-order valence-electron chi connectivity index (χ3n) is 5.49. The first-order chi connectivity index (χ1) is 16.8. The summed E-state index contributed by atoms with van der Waals surface area (Å²) in [6, 6.07) is 0. The molecule has 0 aromatic heterocycles. The Balaban J connectivity index is 4.39. The minimum absolute atomic E-state index is 0.0565. The van der Waals surface area contributed by atoms with E-state index in [4.69, 9.17) is 24.3 Å². The van der Waals surface area contributed by atoms with E-state index in [1.165, 1.54) is 38.5 Å². The second-order valence-corrected chi connectivity index (χ2v) is 10.4. The number of esters is 2. The Hall–Kier alpha value is -0.990. The highest BCUT2D eigenvalue weighted by molar-refractivity contribution is 7.47. The van der Waals surface area contributed by atoms with E-state index < -0.39 is 26.5 Å². The lowest BCUT2D eigenvalue weighted by Gasteiger charge is -2.19. The van der Waals surface area contributed by atoms with Gasteiger partial charge in [0.25, 0.3) is 0 Å². The van der Waals surface area contributed by atoms with Crippen molar-refractivity contribution in [1.29, 1.82) is 0 Å². The van der Waals surface area contributed by atoms with Crippen LogP contribution in [0.2, 0.25) is 0 Å². The lowest BCUT2D eigenvalue weighted by atomic mass is 10.1. The average Bonchev–Trinajstić information content (AvgIpc) is 2.83. The Kier molecular flexibility index (Phi) is 22.7. The summed E-state index contributed by atoms with van der Waals surface area (Å²) in [5, 5.41) is 0. The maximum Gasteiger partial charge on any atom is 0.472 e. The Labute approximate surface area is 212 Å². The SMILES string of the molecule is CCCCCCCCCCC(=O)OCC(COP(=O)(O)OCCN)OC(=O)CCCCCCCC. The predicted molar refractivity (Wildman–Crippen MR) is 137 cm³/mol. The molecule has 0 saturated carbocycles. The molecule has 0 heterocycles. The standard InChI is InChI=1S/C25H50NO8P/c1-3-5-7-9-11-12-14-15-17-24(27)31-21-23(22-33-35(29,30)32-20-19-26)34-25(28)18-16-13-10-8-6-4-2/h23H,3-22,26H2,1-2H3,(H,29,30). The van der Waals surface area contributed by atoms with Crippen LogP contribution >= 0.6 is 7.82 Å². The molecule has 3 N–H and O–H groups in total. The predicted octanol–water partition coefficient (Wildman–Crippen LogP) is 5.82. The molecular formula is C25H50NO8P. The van der Waals surface area contributed by atoms with Crippen molar-refractivity contribution >= 4 is 19.8 Å². The molecule has 0 bridgehead atoms. The highest BCUT2D eigenvalue weighted by Gasteiger charge is 2.25. The summed E-state index contributed by atoms with van der Waals surface area (Å²) in [6.07, 6.45) is 14.7.